The van der Waals surface area contributed by atoms with Gasteiger partial charge in [0.1, 0.15) is 18.0 Å². The van der Waals surface area contributed by atoms with Crippen LogP contribution in [0.5, 0.6) is 11.5 Å². The number of halogens is 3. The summed E-state index contributed by atoms with van der Waals surface area (Å²) < 4.78 is 51.2. The molecule has 0 spiro atoms. The molecule has 1 aliphatic heterocycles. The van der Waals surface area contributed by atoms with E-state index >= 15 is 0 Å². The molecule has 0 unspecified atom stereocenters. The van der Waals surface area contributed by atoms with Crippen LogP contribution < -0.4 is 19.7 Å². The fourth-order valence-corrected chi connectivity index (χ4v) is 2.61. The fourth-order valence-electron chi connectivity index (χ4n) is 2.61. The Balaban J connectivity index is 1.95. The predicted octanol–water partition coefficient (Wildman–Crippen LogP) is 1.28. The Labute approximate surface area is 158 Å². The third-order valence-electron chi connectivity index (χ3n) is 3.97. The van der Waals surface area contributed by atoms with E-state index in [0.717, 1.165) is 0 Å². The molecule has 1 heterocycles. The van der Waals surface area contributed by atoms with E-state index in [1.54, 1.807) is 23.5 Å². The molecule has 1 aromatic carbocycles. The highest BCUT2D eigenvalue weighted by Gasteiger charge is 2.37. The molecule has 1 saturated heterocycles. The third-order valence-corrected chi connectivity index (χ3v) is 3.97. The quantitative estimate of drug-likeness (QED) is 0.688. The normalized spacial score (nSPS) is 16.7. The number of carbonyl (C=O) groups excluding carboxylic acids is 3. The van der Waals surface area contributed by atoms with Gasteiger partial charge in [0.15, 0.2) is 6.61 Å². The molecule has 0 saturated carbocycles. The molecule has 1 N–H and O–H groups in total. The van der Waals surface area contributed by atoms with Crippen molar-refractivity contribution >= 4 is 23.5 Å². The van der Waals surface area contributed by atoms with Crippen molar-refractivity contribution in [3.05, 3.63) is 18.2 Å². The monoisotopic (exact) mass is 404 g/mol. The number of anilines is 1. The van der Waals surface area contributed by atoms with Crippen molar-refractivity contribution in [3.63, 3.8) is 0 Å². The minimum Gasteiger partial charge on any atom is -0.497 e. The molecule has 0 aliphatic carbocycles. The third kappa shape index (κ3) is 5.51. The van der Waals surface area contributed by atoms with Gasteiger partial charge in [0, 0.05) is 19.0 Å². The van der Waals surface area contributed by atoms with Crippen LogP contribution in [-0.2, 0) is 19.1 Å². The number of rotatable bonds is 7. The molecule has 1 aliphatic rings. The van der Waals surface area contributed by atoms with Gasteiger partial charge in [-0.05, 0) is 12.1 Å². The molecule has 0 bridgehead atoms. The number of amides is 2. The van der Waals surface area contributed by atoms with E-state index < -0.39 is 37.1 Å². The zero-order valence-electron chi connectivity index (χ0n) is 15.2. The van der Waals surface area contributed by atoms with Gasteiger partial charge < -0.3 is 24.4 Å². The van der Waals surface area contributed by atoms with Gasteiger partial charge in [0.2, 0.25) is 5.91 Å². The van der Waals surface area contributed by atoms with Gasteiger partial charge >= 0.3 is 12.1 Å². The standard InChI is InChI=1S/C17H19F3N2O6/c1-26-11-3-4-12(13(6-11)27-2)22-7-10(5-15(22)24)16(25)28-8-14(23)21-9-17(18,19)20/h3-4,6,10H,5,7-9H2,1-2H3,(H,21,23)/t10-/m0/s1. The molecule has 154 valence electrons. The number of hydrogen-bond donors (Lipinski definition) is 1. The lowest BCUT2D eigenvalue weighted by molar-refractivity contribution is -0.154. The van der Waals surface area contributed by atoms with E-state index in [0.29, 0.717) is 17.2 Å². The molecule has 2 amide bonds. The van der Waals surface area contributed by atoms with Crippen LogP contribution in [0.15, 0.2) is 18.2 Å². The summed E-state index contributed by atoms with van der Waals surface area (Å²) >= 11 is 0. The van der Waals surface area contributed by atoms with Gasteiger partial charge in [-0.3, -0.25) is 14.4 Å². The SMILES string of the molecule is COc1ccc(N2C[C@@H](C(=O)OCC(=O)NCC(F)(F)F)CC2=O)c(OC)c1. The summed E-state index contributed by atoms with van der Waals surface area (Å²) in [7, 11) is 2.90. The summed E-state index contributed by atoms with van der Waals surface area (Å²) in [5, 5.41) is 1.59. The van der Waals surface area contributed by atoms with Crippen molar-refractivity contribution in [1.29, 1.82) is 0 Å². The molecule has 2 rings (SSSR count). The summed E-state index contributed by atoms with van der Waals surface area (Å²) in [4.78, 5) is 37.0. The maximum absolute atomic E-state index is 12.3. The highest BCUT2D eigenvalue weighted by molar-refractivity contribution is 6.00. The number of hydrogen-bond acceptors (Lipinski definition) is 6. The Morgan fingerprint density at radius 2 is 1.96 bits per heavy atom. The van der Waals surface area contributed by atoms with Crippen molar-refractivity contribution in [3.8, 4) is 11.5 Å². The second-order valence-corrected chi connectivity index (χ2v) is 5.94. The molecular weight excluding hydrogens is 385 g/mol. The average molecular weight is 404 g/mol. The molecule has 11 heteroatoms. The van der Waals surface area contributed by atoms with E-state index in [9.17, 15) is 27.6 Å². The first-order valence-corrected chi connectivity index (χ1v) is 8.17. The van der Waals surface area contributed by atoms with E-state index in [1.165, 1.54) is 19.1 Å². The van der Waals surface area contributed by atoms with Crippen LogP contribution in [0.4, 0.5) is 18.9 Å². The van der Waals surface area contributed by atoms with E-state index in [4.69, 9.17) is 14.2 Å². The van der Waals surface area contributed by atoms with Gasteiger partial charge in [-0.1, -0.05) is 0 Å². The number of methoxy groups -OCH3 is 2. The summed E-state index contributed by atoms with van der Waals surface area (Å²) in [5.74, 6) is -2.24. The topological polar surface area (TPSA) is 94.2 Å². The molecule has 28 heavy (non-hydrogen) atoms. The maximum Gasteiger partial charge on any atom is 0.405 e. The Hall–Kier alpha value is -2.98. The summed E-state index contributed by atoms with van der Waals surface area (Å²) in [5.41, 5.74) is 0.437. The van der Waals surface area contributed by atoms with Crippen LogP contribution >= 0.6 is 0 Å². The molecular formula is C17H19F3N2O6. The predicted molar refractivity (Wildman–Crippen MR) is 90.0 cm³/mol. The minimum absolute atomic E-state index is 0.00940. The van der Waals surface area contributed by atoms with Crippen molar-refractivity contribution in [2.75, 3.05) is 38.8 Å². The largest absolute Gasteiger partial charge is 0.497 e. The van der Waals surface area contributed by atoms with Gasteiger partial charge in [0.25, 0.3) is 5.91 Å². The molecule has 0 aromatic heterocycles. The molecule has 1 atom stereocenters. The van der Waals surface area contributed by atoms with Gasteiger partial charge in [-0.25, -0.2) is 0 Å². The second-order valence-electron chi connectivity index (χ2n) is 5.94. The number of nitrogens with one attached hydrogen (secondary N) is 1. The molecule has 1 aromatic rings. The van der Waals surface area contributed by atoms with Gasteiger partial charge in [-0.2, -0.15) is 13.2 Å². The number of alkyl halides is 3. The van der Waals surface area contributed by atoms with E-state index in [-0.39, 0.29) is 18.9 Å². The number of ether oxygens (including phenoxy) is 3. The highest BCUT2D eigenvalue weighted by Crippen LogP contribution is 2.36. The van der Waals surface area contributed by atoms with Crippen molar-refractivity contribution in [1.82, 2.24) is 5.32 Å². The minimum atomic E-state index is -4.56. The molecule has 1 fully saturated rings. The van der Waals surface area contributed by atoms with E-state index in [1.807, 2.05) is 0 Å². The smallest absolute Gasteiger partial charge is 0.405 e. The zero-order chi connectivity index (χ0) is 20.9. The van der Waals surface area contributed by atoms with Crippen LogP contribution in [0.3, 0.4) is 0 Å². The Bertz CT molecular complexity index is 753. The van der Waals surface area contributed by atoms with Gasteiger partial charge in [0.05, 0.1) is 25.8 Å². The Morgan fingerprint density at radius 1 is 1.25 bits per heavy atom. The maximum atomic E-state index is 12.3. The number of esters is 1. The summed E-state index contributed by atoms with van der Waals surface area (Å²) in [6.07, 6.45) is -4.71. The van der Waals surface area contributed by atoms with Gasteiger partial charge in [-0.15, -0.1) is 0 Å². The lowest BCUT2D eigenvalue weighted by atomic mass is 10.1. The fraction of sp³-hybridized carbons (Fsp3) is 0.471. The van der Waals surface area contributed by atoms with E-state index in [2.05, 4.69) is 0 Å². The van der Waals surface area contributed by atoms with Crippen LogP contribution in [0.2, 0.25) is 0 Å². The van der Waals surface area contributed by atoms with Crippen molar-refractivity contribution in [2.45, 2.75) is 12.6 Å². The first kappa shape index (κ1) is 21.3. The van der Waals surface area contributed by atoms with Crippen molar-refractivity contribution in [2.24, 2.45) is 5.92 Å². The molecule has 0 radical (unpaired) electrons. The number of benzene rings is 1. The summed E-state index contributed by atoms with van der Waals surface area (Å²) in [6.45, 7) is -2.38. The van der Waals surface area contributed by atoms with Crippen molar-refractivity contribution < 1.29 is 41.8 Å². The lowest BCUT2D eigenvalue weighted by Crippen LogP contribution is -2.37. The Morgan fingerprint density at radius 3 is 2.57 bits per heavy atom. The zero-order valence-corrected chi connectivity index (χ0v) is 15.2. The summed E-state index contributed by atoms with van der Waals surface area (Å²) in [6, 6.07) is 4.81. The highest BCUT2D eigenvalue weighted by atomic mass is 19.4. The van der Waals surface area contributed by atoms with Crippen LogP contribution in [0, 0.1) is 5.92 Å². The average Bonchev–Trinajstić information content (AvgIpc) is 3.04. The van der Waals surface area contributed by atoms with Crippen LogP contribution in [0.1, 0.15) is 6.42 Å². The first-order valence-electron chi connectivity index (χ1n) is 8.17. The van der Waals surface area contributed by atoms with Crippen LogP contribution in [-0.4, -0.2) is 57.9 Å². The Kier molecular flexibility index (Phi) is 6.71. The second kappa shape index (κ2) is 8.81. The number of carbonyl (C=O) groups is 3. The first-order chi connectivity index (χ1) is 13.1. The molecule has 8 nitrogen and oxygen atoms in total. The van der Waals surface area contributed by atoms with Crippen LogP contribution in [0.25, 0.3) is 0 Å². The number of nitrogens with zero attached hydrogens (tertiary/aromatic N) is 1. The lowest BCUT2D eigenvalue weighted by Gasteiger charge is -2.20.